The van der Waals surface area contributed by atoms with Crippen molar-refractivity contribution < 1.29 is 28.5 Å². The Balaban J connectivity index is 1.59. The highest BCUT2D eigenvalue weighted by Crippen LogP contribution is 2.45. The van der Waals surface area contributed by atoms with Gasteiger partial charge in [0.2, 0.25) is 0 Å². The molecule has 1 atom stereocenters. The van der Waals surface area contributed by atoms with E-state index in [1.54, 1.807) is 18.3 Å². The molecule has 196 valence electrons. The van der Waals surface area contributed by atoms with Crippen molar-refractivity contribution in [3.8, 4) is 11.5 Å². The quantitative estimate of drug-likeness (QED) is 0.187. The van der Waals surface area contributed by atoms with E-state index in [0.717, 1.165) is 22.0 Å². The number of aromatic nitrogens is 1. The Hall–Kier alpha value is -3.49. The van der Waals surface area contributed by atoms with Gasteiger partial charge in [-0.25, -0.2) is 0 Å². The second kappa shape index (κ2) is 10.3. The number of nitrogens with one attached hydrogen (secondary N) is 1. The molecular weight excluding hydrogens is 574 g/mol. The third-order valence-electron chi connectivity index (χ3n) is 6.37. The molecule has 1 aromatic heterocycles. The van der Waals surface area contributed by atoms with E-state index < -0.39 is 29.6 Å². The van der Waals surface area contributed by atoms with Crippen LogP contribution < -0.4 is 9.47 Å². The molecule has 1 fully saturated rings. The third kappa shape index (κ3) is 5.11. The number of halogens is 2. The molecule has 0 spiro atoms. The Labute approximate surface area is 233 Å². The summed E-state index contributed by atoms with van der Waals surface area (Å²) >= 11 is 9.72. The third-order valence-corrected chi connectivity index (χ3v) is 7.20. The predicted molar refractivity (Wildman–Crippen MR) is 146 cm³/mol. The number of benzene rings is 3. The van der Waals surface area contributed by atoms with Crippen LogP contribution in [-0.4, -0.2) is 29.8 Å². The summed E-state index contributed by atoms with van der Waals surface area (Å²) in [6, 6.07) is 18.7. The molecule has 0 amide bonds. The number of ether oxygens (including phenoxy) is 4. The minimum atomic E-state index is -1.34. The molecule has 1 saturated heterocycles. The van der Waals surface area contributed by atoms with Crippen molar-refractivity contribution in [2.45, 2.75) is 32.2 Å². The molecule has 0 bridgehead atoms. The summed E-state index contributed by atoms with van der Waals surface area (Å²) < 4.78 is 23.4. The Morgan fingerprint density at radius 3 is 2.50 bits per heavy atom. The van der Waals surface area contributed by atoms with Crippen molar-refractivity contribution >= 4 is 50.4 Å². The minimum Gasteiger partial charge on any atom is -0.493 e. The lowest BCUT2D eigenvalue weighted by atomic mass is 9.80. The van der Waals surface area contributed by atoms with Crippen molar-refractivity contribution in [2.75, 3.05) is 7.11 Å². The molecule has 0 saturated carbocycles. The SMILES string of the molecule is COc1cc([C@@H](c2c[nH]c3ccccc23)C2C(=O)OC(C)(C)OC2=O)cc(Br)c1OCc1cccc(Cl)c1. The van der Waals surface area contributed by atoms with E-state index in [0.29, 0.717) is 26.6 Å². The molecule has 1 N–H and O–H groups in total. The molecule has 3 aromatic carbocycles. The van der Waals surface area contributed by atoms with Crippen molar-refractivity contribution in [3.63, 3.8) is 0 Å². The fourth-order valence-corrected chi connectivity index (χ4v) is 5.53. The second-order valence-corrected chi connectivity index (χ2v) is 10.7. The summed E-state index contributed by atoms with van der Waals surface area (Å²) in [4.78, 5) is 29.7. The van der Waals surface area contributed by atoms with Gasteiger partial charge in [0.25, 0.3) is 5.79 Å². The van der Waals surface area contributed by atoms with Crippen LogP contribution in [0.2, 0.25) is 5.02 Å². The van der Waals surface area contributed by atoms with Gasteiger partial charge in [-0.15, -0.1) is 0 Å². The van der Waals surface area contributed by atoms with Crippen LogP contribution in [0.3, 0.4) is 0 Å². The Morgan fingerprint density at radius 2 is 1.79 bits per heavy atom. The number of esters is 2. The smallest absolute Gasteiger partial charge is 0.324 e. The molecular formula is C29H25BrClNO6. The Kier molecular flexibility index (Phi) is 7.11. The number of hydrogen-bond donors (Lipinski definition) is 1. The van der Waals surface area contributed by atoms with Crippen LogP contribution in [0.5, 0.6) is 11.5 Å². The molecule has 2 heterocycles. The topological polar surface area (TPSA) is 86.9 Å². The van der Waals surface area contributed by atoms with Gasteiger partial charge in [-0.2, -0.15) is 0 Å². The molecule has 0 radical (unpaired) electrons. The number of H-pyrrole nitrogens is 1. The summed E-state index contributed by atoms with van der Waals surface area (Å²) in [5.41, 5.74) is 3.16. The summed E-state index contributed by atoms with van der Waals surface area (Å²) in [7, 11) is 1.53. The molecule has 9 heteroatoms. The van der Waals surface area contributed by atoms with Gasteiger partial charge in [-0.3, -0.25) is 9.59 Å². The maximum atomic E-state index is 13.2. The predicted octanol–water partition coefficient (Wildman–Crippen LogP) is 6.76. The van der Waals surface area contributed by atoms with Gasteiger partial charge in [-0.05, 0) is 63.0 Å². The van der Waals surface area contributed by atoms with E-state index in [-0.39, 0.29) is 6.61 Å². The maximum Gasteiger partial charge on any atom is 0.324 e. The summed E-state index contributed by atoms with van der Waals surface area (Å²) in [6.07, 6.45) is 1.81. The normalized spacial score (nSPS) is 16.1. The highest BCUT2D eigenvalue weighted by molar-refractivity contribution is 9.10. The number of fused-ring (bicyclic) bond motifs is 1. The zero-order valence-electron chi connectivity index (χ0n) is 20.9. The average Bonchev–Trinajstić information content (AvgIpc) is 3.28. The first kappa shape index (κ1) is 26.1. The lowest BCUT2D eigenvalue weighted by molar-refractivity contribution is -0.240. The van der Waals surface area contributed by atoms with Crippen molar-refractivity contribution in [2.24, 2.45) is 5.92 Å². The lowest BCUT2D eigenvalue weighted by Crippen LogP contribution is -2.48. The summed E-state index contributed by atoms with van der Waals surface area (Å²) in [6.45, 7) is 3.33. The number of cyclic esters (lactones) is 2. The standard InChI is InChI=1S/C29H25BrClNO6/c1-29(2)37-27(33)25(28(34)38-29)24(20-14-32-22-10-5-4-9-19(20)22)17-12-21(30)26(23(13-17)35-3)36-15-16-7-6-8-18(31)11-16/h4-14,24-25,32H,15H2,1-3H3/t24-/m0/s1. The van der Waals surface area contributed by atoms with Crippen LogP contribution in [0.25, 0.3) is 10.9 Å². The first-order valence-corrected chi connectivity index (χ1v) is 13.1. The minimum absolute atomic E-state index is 0.261. The average molecular weight is 599 g/mol. The number of carbonyl (C=O) groups is 2. The molecule has 7 nitrogen and oxygen atoms in total. The van der Waals surface area contributed by atoms with Crippen LogP contribution >= 0.6 is 27.5 Å². The number of aromatic amines is 1. The fraction of sp³-hybridized carbons (Fsp3) is 0.241. The molecule has 1 aliphatic rings. The van der Waals surface area contributed by atoms with Gasteiger partial charge in [0.1, 0.15) is 6.61 Å². The number of carbonyl (C=O) groups excluding carboxylic acids is 2. The molecule has 5 rings (SSSR count). The van der Waals surface area contributed by atoms with Gasteiger partial charge in [0, 0.05) is 41.9 Å². The first-order valence-electron chi connectivity index (χ1n) is 11.9. The zero-order valence-corrected chi connectivity index (χ0v) is 23.3. The second-order valence-electron chi connectivity index (χ2n) is 9.44. The summed E-state index contributed by atoms with van der Waals surface area (Å²) in [5, 5.41) is 1.49. The Morgan fingerprint density at radius 1 is 1.05 bits per heavy atom. The van der Waals surface area contributed by atoms with Crippen molar-refractivity contribution in [1.82, 2.24) is 4.98 Å². The molecule has 38 heavy (non-hydrogen) atoms. The number of hydrogen-bond acceptors (Lipinski definition) is 6. The molecule has 4 aromatic rings. The fourth-order valence-electron chi connectivity index (χ4n) is 4.75. The van der Waals surface area contributed by atoms with Crippen LogP contribution in [-0.2, 0) is 25.7 Å². The molecule has 0 unspecified atom stereocenters. The van der Waals surface area contributed by atoms with E-state index in [9.17, 15) is 9.59 Å². The highest BCUT2D eigenvalue weighted by atomic mass is 79.9. The van der Waals surface area contributed by atoms with Crippen molar-refractivity contribution in [1.29, 1.82) is 0 Å². The zero-order chi connectivity index (χ0) is 27.0. The lowest BCUT2D eigenvalue weighted by Gasteiger charge is -2.36. The number of para-hydroxylation sites is 1. The number of methoxy groups -OCH3 is 1. The van der Waals surface area contributed by atoms with Gasteiger partial charge in [0.05, 0.1) is 11.6 Å². The van der Waals surface area contributed by atoms with E-state index in [4.69, 9.17) is 30.5 Å². The molecule has 0 aliphatic carbocycles. The van der Waals surface area contributed by atoms with E-state index >= 15 is 0 Å². The van der Waals surface area contributed by atoms with E-state index in [1.165, 1.54) is 21.0 Å². The Bertz CT molecular complexity index is 1510. The largest absolute Gasteiger partial charge is 0.493 e. The van der Waals surface area contributed by atoms with Crippen LogP contribution in [0.15, 0.2) is 71.3 Å². The van der Waals surface area contributed by atoms with Crippen LogP contribution in [0, 0.1) is 5.92 Å². The van der Waals surface area contributed by atoms with Crippen molar-refractivity contribution in [3.05, 3.63) is 93.0 Å². The maximum absolute atomic E-state index is 13.2. The van der Waals surface area contributed by atoms with Crippen LogP contribution in [0.1, 0.15) is 36.5 Å². The van der Waals surface area contributed by atoms with E-state index in [1.807, 2.05) is 48.5 Å². The van der Waals surface area contributed by atoms with Gasteiger partial charge >= 0.3 is 11.9 Å². The van der Waals surface area contributed by atoms with Gasteiger partial charge in [0.15, 0.2) is 17.4 Å². The van der Waals surface area contributed by atoms with Gasteiger partial charge < -0.3 is 23.9 Å². The monoisotopic (exact) mass is 597 g/mol. The summed E-state index contributed by atoms with van der Waals surface area (Å²) in [5.74, 6) is -3.70. The van der Waals surface area contributed by atoms with E-state index in [2.05, 4.69) is 20.9 Å². The van der Waals surface area contributed by atoms with Gasteiger partial charge in [-0.1, -0.05) is 41.9 Å². The molecule has 1 aliphatic heterocycles. The number of rotatable bonds is 7. The highest BCUT2D eigenvalue weighted by Gasteiger charge is 2.49. The first-order chi connectivity index (χ1) is 18.2. The van der Waals surface area contributed by atoms with Crippen LogP contribution in [0.4, 0.5) is 0 Å².